The third kappa shape index (κ3) is 3.39. The van der Waals surface area contributed by atoms with Crippen molar-refractivity contribution in [2.45, 2.75) is 5.33 Å². The number of aromatic nitrogens is 3. The fraction of sp³-hybridized carbons (Fsp3) is 0.0556. The standard InChI is InChI=1S/C18H10BrCl2N3OS2/c19-9-14-22-16-15(17(25)23(14)12-6-4-10(20)5-7-12)27-18(26)24(16)13-3-1-2-11(21)8-13/h1-8H,9H2. The molecule has 27 heavy (non-hydrogen) atoms. The van der Waals surface area contributed by atoms with Gasteiger partial charge in [0.25, 0.3) is 5.56 Å². The van der Waals surface area contributed by atoms with Gasteiger partial charge >= 0.3 is 0 Å². The lowest BCUT2D eigenvalue weighted by Gasteiger charge is -2.12. The van der Waals surface area contributed by atoms with Crippen LogP contribution >= 0.6 is 62.7 Å². The van der Waals surface area contributed by atoms with Gasteiger partial charge in [-0.1, -0.05) is 56.5 Å². The number of hydrogen-bond acceptors (Lipinski definition) is 4. The molecule has 4 nitrogen and oxygen atoms in total. The molecule has 9 heteroatoms. The second kappa shape index (κ2) is 7.48. The minimum absolute atomic E-state index is 0.173. The van der Waals surface area contributed by atoms with Gasteiger partial charge in [-0.05, 0) is 54.7 Å². The Kier molecular flexibility index (Phi) is 5.22. The molecule has 2 aromatic heterocycles. The van der Waals surface area contributed by atoms with Gasteiger partial charge in [-0.3, -0.25) is 13.9 Å². The lowest BCUT2D eigenvalue weighted by Crippen LogP contribution is -2.23. The molecule has 0 amide bonds. The van der Waals surface area contributed by atoms with Crippen LogP contribution in [0.1, 0.15) is 5.82 Å². The molecule has 0 aliphatic rings. The number of thiazole rings is 1. The minimum atomic E-state index is -0.173. The molecule has 4 rings (SSSR count). The van der Waals surface area contributed by atoms with Crippen LogP contribution in [0.3, 0.4) is 0 Å². The molecule has 0 atom stereocenters. The SMILES string of the molecule is O=c1c2sc(=S)n(-c3cccc(Cl)c3)c2nc(CBr)n1-c1ccc(Cl)cc1. The lowest BCUT2D eigenvalue weighted by molar-refractivity contribution is 0.878. The largest absolute Gasteiger partial charge is 0.277 e. The number of halogens is 3. The van der Waals surface area contributed by atoms with Gasteiger partial charge in [0.1, 0.15) is 10.5 Å². The van der Waals surface area contributed by atoms with Crippen LogP contribution in [0.4, 0.5) is 0 Å². The molecule has 0 saturated carbocycles. The van der Waals surface area contributed by atoms with Crippen molar-refractivity contribution in [3.8, 4) is 11.4 Å². The van der Waals surface area contributed by atoms with E-state index < -0.39 is 0 Å². The summed E-state index contributed by atoms with van der Waals surface area (Å²) >= 11 is 22.3. The first-order chi connectivity index (χ1) is 13.0. The summed E-state index contributed by atoms with van der Waals surface area (Å²) in [4.78, 5) is 18.0. The third-order valence-electron chi connectivity index (χ3n) is 3.95. The Morgan fingerprint density at radius 2 is 1.78 bits per heavy atom. The number of rotatable bonds is 3. The highest BCUT2D eigenvalue weighted by atomic mass is 79.9. The summed E-state index contributed by atoms with van der Waals surface area (Å²) in [6.07, 6.45) is 0. The van der Waals surface area contributed by atoms with Gasteiger partial charge in [-0.25, -0.2) is 4.98 Å². The lowest BCUT2D eigenvalue weighted by atomic mass is 10.3. The molecule has 4 aromatic rings. The molecule has 0 spiro atoms. The molecule has 0 saturated heterocycles. The van der Waals surface area contributed by atoms with Crippen molar-refractivity contribution in [3.05, 3.63) is 78.7 Å². The van der Waals surface area contributed by atoms with Gasteiger partial charge in [0, 0.05) is 10.0 Å². The Labute approximate surface area is 181 Å². The van der Waals surface area contributed by atoms with Gasteiger partial charge in [0.2, 0.25) is 0 Å². The zero-order valence-electron chi connectivity index (χ0n) is 13.5. The van der Waals surface area contributed by atoms with Crippen LogP contribution in [0.2, 0.25) is 10.0 Å². The Bertz CT molecular complexity index is 1280. The molecule has 0 N–H and O–H groups in total. The van der Waals surface area contributed by atoms with Crippen LogP contribution in [0.5, 0.6) is 0 Å². The first kappa shape index (κ1) is 18.8. The maximum Gasteiger partial charge on any atom is 0.277 e. The number of nitrogens with zero attached hydrogens (tertiary/aromatic N) is 3. The normalized spacial score (nSPS) is 11.2. The van der Waals surface area contributed by atoms with Gasteiger partial charge in [0.15, 0.2) is 9.60 Å². The topological polar surface area (TPSA) is 39.8 Å². The zero-order chi connectivity index (χ0) is 19.1. The van der Waals surface area contributed by atoms with E-state index in [2.05, 4.69) is 15.9 Å². The van der Waals surface area contributed by atoms with E-state index >= 15 is 0 Å². The van der Waals surface area contributed by atoms with Crippen molar-refractivity contribution in [2.24, 2.45) is 0 Å². The summed E-state index contributed by atoms with van der Waals surface area (Å²) in [5.74, 6) is 0.568. The van der Waals surface area contributed by atoms with E-state index in [-0.39, 0.29) is 5.56 Å². The van der Waals surface area contributed by atoms with Crippen molar-refractivity contribution >= 4 is 73.0 Å². The molecule has 0 unspecified atom stereocenters. The average Bonchev–Trinajstić information content (AvgIpc) is 2.99. The highest BCUT2D eigenvalue weighted by Crippen LogP contribution is 2.26. The van der Waals surface area contributed by atoms with Gasteiger partial charge < -0.3 is 0 Å². The summed E-state index contributed by atoms with van der Waals surface area (Å²) in [6, 6.07) is 14.4. The van der Waals surface area contributed by atoms with Crippen LogP contribution in [0, 0.1) is 3.95 Å². The van der Waals surface area contributed by atoms with Crippen LogP contribution < -0.4 is 5.56 Å². The quantitative estimate of drug-likeness (QED) is 0.250. The highest BCUT2D eigenvalue weighted by molar-refractivity contribution is 9.08. The summed E-state index contributed by atoms with van der Waals surface area (Å²) in [5.41, 5.74) is 1.82. The van der Waals surface area contributed by atoms with Crippen LogP contribution in [0.25, 0.3) is 21.7 Å². The number of fused-ring (bicyclic) bond motifs is 1. The van der Waals surface area contributed by atoms with Crippen molar-refractivity contribution in [1.29, 1.82) is 0 Å². The van der Waals surface area contributed by atoms with Crippen LogP contribution in [0.15, 0.2) is 53.3 Å². The van der Waals surface area contributed by atoms with E-state index in [4.69, 9.17) is 40.4 Å². The molecule has 0 aliphatic heterocycles. The van der Waals surface area contributed by atoms with E-state index in [0.29, 0.717) is 41.2 Å². The molecule has 0 aliphatic carbocycles. The molecular formula is C18H10BrCl2N3OS2. The second-order valence-electron chi connectivity index (χ2n) is 5.61. The first-order valence-corrected chi connectivity index (χ1v) is 10.8. The molecule has 0 radical (unpaired) electrons. The predicted octanol–water partition coefficient (Wildman–Crippen LogP) is 6.17. The zero-order valence-corrected chi connectivity index (χ0v) is 18.3. The Morgan fingerprint density at radius 3 is 2.44 bits per heavy atom. The molecule has 136 valence electrons. The van der Waals surface area contributed by atoms with E-state index in [1.165, 1.54) is 11.3 Å². The summed E-state index contributed by atoms with van der Waals surface area (Å²) in [5, 5.41) is 1.59. The predicted molar refractivity (Wildman–Crippen MR) is 118 cm³/mol. The molecular weight excluding hydrogens is 489 g/mol. The Morgan fingerprint density at radius 1 is 1.04 bits per heavy atom. The third-order valence-corrected chi connectivity index (χ3v) is 6.29. The van der Waals surface area contributed by atoms with E-state index in [9.17, 15) is 4.79 Å². The van der Waals surface area contributed by atoms with Crippen LogP contribution in [-0.4, -0.2) is 14.1 Å². The van der Waals surface area contributed by atoms with Crippen molar-refractivity contribution in [3.63, 3.8) is 0 Å². The van der Waals surface area contributed by atoms with Gasteiger partial charge in [-0.2, -0.15) is 0 Å². The average molecular weight is 499 g/mol. The fourth-order valence-corrected chi connectivity index (χ4v) is 4.78. The van der Waals surface area contributed by atoms with E-state index in [0.717, 1.165) is 5.69 Å². The number of benzene rings is 2. The first-order valence-electron chi connectivity index (χ1n) is 7.75. The Balaban J connectivity index is 2.06. The Hall–Kier alpha value is -1.51. The van der Waals surface area contributed by atoms with Gasteiger partial charge in [0.05, 0.1) is 16.7 Å². The second-order valence-corrected chi connectivity index (χ2v) is 8.69. The maximum absolute atomic E-state index is 13.3. The highest BCUT2D eigenvalue weighted by Gasteiger charge is 2.18. The minimum Gasteiger partial charge on any atom is -0.275 e. The molecule has 0 fully saturated rings. The summed E-state index contributed by atoms with van der Waals surface area (Å²) in [7, 11) is 0. The smallest absolute Gasteiger partial charge is 0.275 e. The van der Waals surface area contributed by atoms with Crippen molar-refractivity contribution in [2.75, 3.05) is 0 Å². The molecule has 2 aromatic carbocycles. The summed E-state index contributed by atoms with van der Waals surface area (Å²) < 4.78 is 4.37. The van der Waals surface area contributed by atoms with Crippen molar-refractivity contribution < 1.29 is 0 Å². The fourth-order valence-electron chi connectivity index (χ4n) is 2.79. The van der Waals surface area contributed by atoms with Crippen molar-refractivity contribution in [1.82, 2.24) is 14.1 Å². The molecule has 2 heterocycles. The van der Waals surface area contributed by atoms with Gasteiger partial charge in [-0.15, -0.1) is 0 Å². The monoisotopic (exact) mass is 497 g/mol. The van der Waals surface area contributed by atoms with E-state index in [1.54, 1.807) is 45.5 Å². The summed E-state index contributed by atoms with van der Waals surface area (Å²) in [6.45, 7) is 0. The number of alkyl halides is 1. The number of hydrogen-bond donors (Lipinski definition) is 0. The maximum atomic E-state index is 13.3. The molecule has 0 bridgehead atoms. The van der Waals surface area contributed by atoms with Crippen LogP contribution in [-0.2, 0) is 5.33 Å². The van der Waals surface area contributed by atoms with E-state index in [1.807, 2.05) is 12.1 Å².